The number of ketones is 1. The first-order valence-corrected chi connectivity index (χ1v) is 13.5. The van der Waals surface area contributed by atoms with Gasteiger partial charge < -0.3 is 20.5 Å². The normalized spacial score (nSPS) is 13.4. The van der Waals surface area contributed by atoms with Crippen LogP contribution >= 0.6 is 34.5 Å². The molecule has 1 saturated carbocycles. The minimum Gasteiger partial charge on any atom is -0.489 e. The maximum absolute atomic E-state index is 13.1. The first kappa shape index (κ1) is 27.7. The molecule has 0 saturated heterocycles. The average molecular weight is 573 g/mol. The molecule has 1 amide bonds. The molecule has 3 aromatic rings. The third-order valence-corrected chi connectivity index (χ3v) is 7.92. The minimum atomic E-state index is -0.373. The molecule has 7 nitrogen and oxygen atoms in total. The van der Waals surface area contributed by atoms with Gasteiger partial charge in [-0.3, -0.25) is 9.59 Å². The molecule has 0 atom stereocenters. The van der Waals surface area contributed by atoms with Crippen LogP contribution < -0.4 is 15.8 Å². The maximum Gasteiger partial charge on any atom is 0.348 e. The number of nitrogens with two attached hydrogens (primary N) is 1. The van der Waals surface area contributed by atoms with Gasteiger partial charge in [0.25, 0.3) is 0 Å². The number of methoxy groups -OCH3 is 1. The van der Waals surface area contributed by atoms with Crippen molar-refractivity contribution in [3.8, 4) is 5.75 Å². The zero-order chi connectivity index (χ0) is 27.2. The number of nitrogens with one attached hydrogen (secondary N) is 1. The van der Waals surface area contributed by atoms with E-state index >= 15 is 0 Å². The van der Waals surface area contributed by atoms with Crippen molar-refractivity contribution in [2.45, 2.75) is 25.7 Å². The van der Waals surface area contributed by atoms with Crippen molar-refractivity contribution in [1.29, 1.82) is 0 Å². The molecule has 10 heteroatoms. The van der Waals surface area contributed by atoms with Gasteiger partial charge in [-0.25, -0.2) is 4.79 Å². The summed E-state index contributed by atoms with van der Waals surface area (Å²) >= 11 is 14.1. The lowest BCUT2D eigenvalue weighted by molar-refractivity contribution is -0.117. The molecular formula is C28H26Cl2N2O5S. The highest BCUT2D eigenvalue weighted by Crippen LogP contribution is 2.36. The van der Waals surface area contributed by atoms with Crippen molar-refractivity contribution in [2.24, 2.45) is 11.7 Å². The van der Waals surface area contributed by atoms with Gasteiger partial charge in [0, 0.05) is 22.0 Å². The number of esters is 1. The van der Waals surface area contributed by atoms with Crippen molar-refractivity contribution >= 4 is 64.1 Å². The number of hydrogen-bond donors (Lipinski definition) is 2. The van der Waals surface area contributed by atoms with E-state index in [-0.39, 0.29) is 30.0 Å². The molecule has 38 heavy (non-hydrogen) atoms. The summed E-state index contributed by atoms with van der Waals surface area (Å²) in [6.07, 6.45) is 3.45. The van der Waals surface area contributed by atoms with Gasteiger partial charge in [-0.05, 0) is 73.7 Å². The molecule has 4 rings (SSSR count). The number of rotatable bonds is 12. The van der Waals surface area contributed by atoms with Crippen LogP contribution in [0.3, 0.4) is 0 Å². The lowest BCUT2D eigenvalue weighted by Gasteiger charge is -2.16. The molecular weight excluding hydrogens is 547 g/mol. The van der Waals surface area contributed by atoms with Gasteiger partial charge in [0.1, 0.15) is 17.2 Å². The van der Waals surface area contributed by atoms with E-state index in [0.717, 1.165) is 23.3 Å². The fourth-order valence-corrected chi connectivity index (χ4v) is 5.51. The molecule has 1 aliphatic rings. The van der Waals surface area contributed by atoms with Crippen molar-refractivity contribution < 1.29 is 23.9 Å². The summed E-state index contributed by atoms with van der Waals surface area (Å²) in [5, 5.41) is 3.42. The average Bonchev–Trinajstić information content (AvgIpc) is 3.65. The number of amides is 1. The number of thiophene rings is 1. The molecule has 1 heterocycles. The van der Waals surface area contributed by atoms with E-state index in [2.05, 4.69) is 5.32 Å². The topological polar surface area (TPSA) is 108 Å². The van der Waals surface area contributed by atoms with E-state index in [1.54, 1.807) is 36.4 Å². The van der Waals surface area contributed by atoms with Gasteiger partial charge >= 0.3 is 5.97 Å². The molecule has 0 spiro atoms. The number of ether oxygens (including phenoxy) is 2. The summed E-state index contributed by atoms with van der Waals surface area (Å²) in [6, 6.07) is 13.9. The number of hydrogen-bond acceptors (Lipinski definition) is 7. The second-order valence-corrected chi connectivity index (χ2v) is 10.7. The lowest BCUT2D eigenvalue weighted by atomic mass is 10.0. The second-order valence-electron chi connectivity index (χ2n) is 8.75. The first-order valence-electron chi connectivity index (χ1n) is 11.9. The smallest absolute Gasteiger partial charge is 0.348 e. The zero-order valence-corrected chi connectivity index (χ0v) is 22.9. The van der Waals surface area contributed by atoms with Gasteiger partial charge in [0.15, 0.2) is 5.78 Å². The van der Waals surface area contributed by atoms with Gasteiger partial charge in [-0.15, -0.1) is 11.3 Å². The fourth-order valence-electron chi connectivity index (χ4n) is 3.99. The van der Waals surface area contributed by atoms with Crippen LogP contribution in [-0.2, 0) is 27.2 Å². The third kappa shape index (κ3) is 6.56. The second kappa shape index (κ2) is 12.5. The van der Waals surface area contributed by atoms with Gasteiger partial charge in [-0.2, -0.15) is 0 Å². The van der Waals surface area contributed by atoms with E-state index in [0.29, 0.717) is 56.7 Å². The third-order valence-electron chi connectivity index (χ3n) is 6.17. The summed E-state index contributed by atoms with van der Waals surface area (Å²) in [5.74, 6) is -0.0141. The van der Waals surface area contributed by atoms with Crippen molar-refractivity contribution in [1.82, 2.24) is 0 Å². The fraction of sp³-hybridized carbons (Fsp3) is 0.250. The SMILES string of the molecule is COC(=O)c1ccc(CCc2cc(OCC(C(=O)C3CC3)=C(N)c3c(Cl)cccc3Cl)ccc2NC=O)s1. The van der Waals surface area contributed by atoms with Gasteiger partial charge in [0.2, 0.25) is 6.41 Å². The van der Waals surface area contributed by atoms with Crippen LogP contribution in [0.15, 0.2) is 54.1 Å². The lowest BCUT2D eigenvalue weighted by Crippen LogP contribution is -2.18. The highest BCUT2D eigenvalue weighted by Gasteiger charge is 2.34. The van der Waals surface area contributed by atoms with Crippen molar-refractivity contribution in [3.05, 3.63) is 85.0 Å². The number of carbonyl (C=O) groups excluding carboxylic acids is 3. The Bertz CT molecular complexity index is 1380. The predicted octanol–water partition coefficient (Wildman–Crippen LogP) is 5.92. The first-order chi connectivity index (χ1) is 18.3. The minimum absolute atomic E-state index is 0.0595. The molecule has 3 N–H and O–H groups in total. The number of carbonyl (C=O) groups is 3. The van der Waals surface area contributed by atoms with Gasteiger partial charge in [0.05, 0.1) is 28.4 Å². The molecule has 0 unspecified atom stereocenters. The highest BCUT2D eigenvalue weighted by molar-refractivity contribution is 7.13. The van der Waals surface area contributed by atoms with Crippen LogP contribution in [0.5, 0.6) is 5.75 Å². The number of aryl methyl sites for hydroxylation is 2. The Kier molecular flexibility index (Phi) is 9.09. The van der Waals surface area contributed by atoms with E-state index in [4.69, 9.17) is 38.4 Å². The highest BCUT2D eigenvalue weighted by atomic mass is 35.5. The number of anilines is 1. The quantitative estimate of drug-likeness (QED) is 0.158. The summed E-state index contributed by atoms with van der Waals surface area (Å²) in [4.78, 5) is 37.5. The van der Waals surface area contributed by atoms with E-state index in [1.165, 1.54) is 18.4 Å². The Hall–Kier alpha value is -3.33. The Morgan fingerprint density at radius 3 is 2.50 bits per heavy atom. The Morgan fingerprint density at radius 1 is 1.11 bits per heavy atom. The van der Waals surface area contributed by atoms with Crippen molar-refractivity contribution in [3.63, 3.8) is 0 Å². The van der Waals surface area contributed by atoms with Crippen LogP contribution in [0.4, 0.5) is 5.69 Å². The van der Waals surface area contributed by atoms with Gasteiger partial charge in [-0.1, -0.05) is 29.3 Å². The van der Waals surface area contributed by atoms with E-state index < -0.39 is 0 Å². The monoisotopic (exact) mass is 572 g/mol. The zero-order valence-electron chi connectivity index (χ0n) is 20.6. The maximum atomic E-state index is 13.1. The van der Waals surface area contributed by atoms with Crippen LogP contribution in [0, 0.1) is 5.92 Å². The van der Waals surface area contributed by atoms with E-state index in [1.807, 2.05) is 12.1 Å². The number of Topliss-reactive ketones (excluding diaryl/α,β-unsaturated/α-hetero) is 1. The Morgan fingerprint density at radius 2 is 1.84 bits per heavy atom. The molecule has 1 aliphatic carbocycles. The summed E-state index contributed by atoms with van der Waals surface area (Å²) < 4.78 is 10.8. The predicted molar refractivity (Wildman–Crippen MR) is 150 cm³/mol. The molecule has 0 aliphatic heterocycles. The molecule has 1 aromatic heterocycles. The number of halogens is 2. The van der Waals surface area contributed by atoms with Crippen LogP contribution in [-0.4, -0.2) is 31.9 Å². The summed E-state index contributed by atoms with van der Waals surface area (Å²) in [5.41, 5.74) is 8.86. The Labute approximate surface area is 234 Å². The van der Waals surface area contributed by atoms with Crippen LogP contribution in [0.1, 0.15) is 38.5 Å². The molecule has 0 bridgehead atoms. The summed E-state index contributed by atoms with van der Waals surface area (Å²) in [7, 11) is 1.35. The van der Waals surface area contributed by atoms with Crippen molar-refractivity contribution in [2.75, 3.05) is 19.0 Å². The van der Waals surface area contributed by atoms with Crippen LogP contribution in [0.25, 0.3) is 5.70 Å². The molecule has 1 fully saturated rings. The summed E-state index contributed by atoms with van der Waals surface area (Å²) in [6.45, 7) is -0.0595. The molecule has 198 valence electrons. The largest absolute Gasteiger partial charge is 0.489 e. The Balaban J connectivity index is 1.56. The number of benzene rings is 2. The molecule has 2 aromatic carbocycles. The standard InChI is InChI=1S/C28H26Cl2N2O5S/c1-36-28(35)24-12-10-19(38-24)9-7-17-13-18(8-11-23(17)32-15-33)37-14-20(27(34)16-5-6-16)26(31)25-21(29)3-2-4-22(25)30/h2-4,8,10-13,15-16H,5-7,9,14,31H2,1H3,(H,32,33). The van der Waals surface area contributed by atoms with Crippen LogP contribution in [0.2, 0.25) is 10.0 Å². The molecule has 0 radical (unpaired) electrons. The van der Waals surface area contributed by atoms with E-state index in [9.17, 15) is 14.4 Å².